The standard InChI is InChI=1S/C23H28N2O2/c1-23(15-24)11-12-25(16-23)22(26)21-13-20(21)18-7-9-19(10-8-18)27-14-17-5-3-2-4-6-17/h2-10,20-21H,11-16,24H2,1H3. The molecule has 3 unspecified atom stereocenters. The van der Waals surface area contributed by atoms with Crippen molar-refractivity contribution < 1.29 is 9.53 Å². The second kappa shape index (κ2) is 7.35. The van der Waals surface area contributed by atoms with Gasteiger partial charge in [0.05, 0.1) is 0 Å². The second-order valence-corrected chi connectivity index (χ2v) is 8.32. The maximum atomic E-state index is 12.8. The SMILES string of the molecule is CC1(CN)CCN(C(=O)C2CC2c2ccc(OCc3ccccc3)cc2)C1. The molecule has 1 aliphatic heterocycles. The molecule has 27 heavy (non-hydrogen) atoms. The van der Waals surface area contributed by atoms with E-state index in [1.165, 1.54) is 5.56 Å². The van der Waals surface area contributed by atoms with Crippen LogP contribution in [0.4, 0.5) is 0 Å². The summed E-state index contributed by atoms with van der Waals surface area (Å²) in [5, 5.41) is 0. The van der Waals surface area contributed by atoms with Gasteiger partial charge in [0, 0.05) is 19.0 Å². The summed E-state index contributed by atoms with van der Waals surface area (Å²) in [6.45, 7) is 5.05. The van der Waals surface area contributed by atoms with Crippen molar-refractivity contribution in [1.29, 1.82) is 0 Å². The van der Waals surface area contributed by atoms with Gasteiger partial charge in [0.15, 0.2) is 0 Å². The summed E-state index contributed by atoms with van der Waals surface area (Å²) < 4.78 is 5.85. The Morgan fingerprint density at radius 3 is 2.59 bits per heavy atom. The molecule has 4 heteroatoms. The van der Waals surface area contributed by atoms with Crippen LogP contribution < -0.4 is 10.5 Å². The van der Waals surface area contributed by atoms with E-state index >= 15 is 0 Å². The largest absolute Gasteiger partial charge is 0.489 e. The molecular formula is C23H28N2O2. The van der Waals surface area contributed by atoms with Gasteiger partial charge in [-0.05, 0) is 54.0 Å². The lowest BCUT2D eigenvalue weighted by atomic mass is 9.90. The molecule has 0 aromatic heterocycles. The zero-order valence-electron chi connectivity index (χ0n) is 15.9. The molecule has 1 saturated heterocycles. The van der Waals surface area contributed by atoms with Crippen molar-refractivity contribution in [1.82, 2.24) is 4.90 Å². The Kier molecular flexibility index (Phi) is 4.92. The number of benzene rings is 2. The molecule has 3 atom stereocenters. The Hall–Kier alpha value is -2.33. The van der Waals surface area contributed by atoms with E-state index in [4.69, 9.17) is 10.5 Å². The number of likely N-dealkylation sites (tertiary alicyclic amines) is 1. The molecule has 0 spiro atoms. The van der Waals surface area contributed by atoms with E-state index in [9.17, 15) is 4.79 Å². The van der Waals surface area contributed by atoms with Gasteiger partial charge < -0.3 is 15.4 Å². The van der Waals surface area contributed by atoms with Crippen molar-refractivity contribution in [3.8, 4) is 5.75 Å². The van der Waals surface area contributed by atoms with Crippen molar-refractivity contribution in [3.63, 3.8) is 0 Å². The number of carbonyl (C=O) groups is 1. The fourth-order valence-electron chi connectivity index (χ4n) is 4.00. The fraction of sp³-hybridized carbons (Fsp3) is 0.435. The van der Waals surface area contributed by atoms with Gasteiger partial charge in [-0.3, -0.25) is 4.79 Å². The minimum atomic E-state index is 0.0950. The Balaban J connectivity index is 1.31. The van der Waals surface area contributed by atoms with E-state index < -0.39 is 0 Å². The fourth-order valence-corrected chi connectivity index (χ4v) is 4.00. The molecule has 2 aromatic carbocycles. The summed E-state index contributed by atoms with van der Waals surface area (Å²) in [6.07, 6.45) is 1.97. The van der Waals surface area contributed by atoms with E-state index in [2.05, 4.69) is 31.2 Å². The van der Waals surface area contributed by atoms with Gasteiger partial charge in [-0.25, -0.2) is 0 Å². The van der Waals surface area contributed by atoms with Gasteiger partial charge in [0.1, 0.15) is 12.4 Å². The number of ether oxygens (including phenoxy) is 1. The summed E-state index contributed by atoms with van der Waals surface area (Å²) in [4.78, 5) is 14.8. The summed E-state index contributed by atoms with van der Waals surface area (Å²) in [5.41, 5.74) is 8.36. The van der Waals surface area contributed by atoms with Crippen LogP contribution in [0.5, 0.6) is 5.75 Å². The highest BCUT2D eigenvalue weighted by atomic mass is 16.5. The topological polar surface area (TPSA) is 55.6 Å². The van der Waals surface area contributed by atoms with Gasteiger partial charge in [0.2, 0.25) is 5.91 Å². The van der Waals surface area contributed by atoms with E-state index in [1.54, 1.807) is 0 Å². The van der Waals surface area contributed by atoms with Crippen LogP contribution in [0, 0.1) is 11.3 Å². The van der Waals surface area contributed by atoms with E-state index in [1.807, 2.05) is 35.2 Å². The highest BCUT2D eigenvalue weighted by molar-refractivity contribution is 5.83. The summed E-state index contributed by atoms with van der Waals surface area (Å²) in [6, 6.07) is 18.4. The quantitative estimate of drug-likeness (QED) is 0.853. The number of amides is 1. The number of hydrogen-bond acceptors (Lipinski definition) is 3. The first-order valence-electron chi connectivity index (χ1n) is 9.83. The van der Waals surface area contributed by atoms with E-state index in [0.717, 1.165) is 37.2 Å². The lowest BCUT2D eigenvalue weighted by molar-refractivity contribution is -0.132. The molecule has 2 aromatic rings. The third-order valence-electron chi connectivity index (χ3n) is 6.03. The Morgan fingerprint density at radius 2 is 1.93 bits per heavy atom. The number of hydrogen-bond donors (Lipinski definition) is 1. The third kappa shape index (κ3) is 4.01. The summed E-state index contributed by atoms with van der Waals surface area (Å²) >= 11 is 0. The first-order valence-corrected chi connectivity index (χ1v) is 9.83. The van der Waals surface area contributed by atoms with Gasteiger partial charge >= 0.3 is 0 Å². The van der Waals surface area contributed by atoms with Crippen LogP contribution in [-0.4, -0.2) is 30.4 Å². The van der Waals surface area contributed by atoms with Gasteiger partial charge in [-0.2, -0.15) is 0 Å². The molecule has 2 aliphatic rings. The molecule has 1 aliphatic carbocycles. The average molecular weight is 364 g/mol. The third-order valence-corrected chi connectivity index (χ3v) is 6.03. The van der Waals surface area contributed by atoms with Crippen LogP contribution in [0.2, 0.25) is 0 Å². The van der Waals surface area contributed by atoms with Crippen LogP contribution in [0.3, 0.4) is 0 Å². The molecule has 1 saturated carbocycles. The number of nitrogens with two attached hydrogens (primary N) is 1. The molecule has 1 amide bonds. The molecule has 0 radical (unpaired) electrons. The lowest BCUT2D eigenvalue weighted by Crippen LogP contribution is -2.35. The van der Waals surface area contributed by atoms with Crippen LogP contribution in [0.25, 0.3) is 0 Å². The minimum Gasteiger partial charge on any atom is -0.489 e. The number of rotatable bonds is 6. The van der Waals surface area contributed by atoms with Crippen LogP contribution in [0.15, 0.2) is 54.6 Å². The Bertz CT molecular complexity index is 790. The highest BCUT2D eigenvalue weighted by Crippen LogP contribution is 2.49. The van der Waals surface area contributed by atoms with E-state index in [-0.39, 0.29) is 11.3 Å². The number of nitrogens with zero attached hydrogens (tertiary/aromatic N) is 1. The van der Waals surface area contributed by atoms with Crippen LogP contribution in [0.1, 0.15) is 36.8 Å². The van der Waals surface area contributed by atoms with Crippen molar-refractivity contribution in [2.45, 2.75) is 32.3 Å². The Morgan fingerprint density at radius 1 is 1.19 bits per heavy atom. The van der Waals surface area contributed by atoms with Gasteiger partial charge in [0.25, 0.3) is 0 Å². The first-order chi connectivity index (χ1) is 13.1. The first kappa shape index (κ1) is 18.1. The minimum absolute atomic E-state index is 0.0950. The maximum absolute atomic E-state index is 12.8. The predicted molar refractivity (Wildman–Crippen MR) is 106 cm³/mol. The van der Waals surface area contributed by atoms with E-state index in [0.29, 0.717) is 25.0 Å². The molecule has 2 fully saturated rings. The monoisotopic (exact) mass is 364 g/mol. The van der Waals surface area contributed by atoms with Crippen molar-refractivity contribution in [3.05, 3.63) is 65.7 Å². The zero-order valence-corrected chi connectivity index (χ0v) is 15.9. The molecular weight excluding hydrogens is 336 g/mol. The molecule has 4 nitrogen and oxygen atoms in total. The maximum Gasteiger partial charge on any atom is 0.226 e. The molecule has 4 rings (SSSR count). The molecule has 2 N–H and O–H groups in total. The van der Waals surface area contributed by atoms with Gasteiger partial charge in [-0.15, -0.1) is 0 Å². The highest BCUT2D eigenvalue weighted by Gasteiger charge is 2.48. The van der Waals surface area contributed by atoms with Gasteiger partial charge in [-0.1, -0.05) is 49.4 Å². The van der Waals surface area contributed by atoms with Crippen molar-refractivity contribution >= 4 is 5.91 Å². The van der Waals surface area contributed by atoms with Crippen LogP contribution >= 0.6 is 0 Å². The Labute approximate surface area is 161 Å². The smallest absolute Gasteiger partial charge is 0.226 e. The average Bonchev–Trinajstić information content (AvgIpc) is 3.42. The van der Waals surface area contributed by atoms with Crippen molar-refractivity contribution in [2.24, 2.45) is 17.1 Å². The molecule has 142 valence electrons. The van der Waals surface area contributed by atoms with Crippen molar-refractivity contribution in [2.75, 3.05) is 19.6 Å². The van der Waals surface area contributed by atoms with Crippen LogP contribution in [-0.2, 0) is 11.4 Å². The lowest BCUT2D eigenvalue weighted by Gasteiger charge is -2.22. The zero-order chi connectivity index (χ0) is 18.9. The summed E-state index contributed by atoms with van der Waals surface area (Å²) in [7, 11) is 0. The molecule has 1 heterocycles. The normalized spacial score (nSPS) is 26.8. The molecule has 0 bridgehead atoms. The second-order valence-electron chi connectivity index (χ2n) is 8.32. The summed E-state index contributed by atoms with van der Waals surface area (Å²) in [5.74, 6) is 1.66. The number of carbonyl (C=O) groups excluding carboxylic acids is 1. The predicted octanol–water partition coefficient (Wildman–Crippen LogP) is 3.57.